The van der Waals surface area contributed by atoms with Gasteiger partial charge in [0, 0.05) is 17.0 Å². The van der Waals surface area contributed by atoms with Crippen LogP contribution >= 0.6 is 11.3 Å². The Morgan fingerprint density at radius 3 is 2.62 bits per heavy atom. The lowest BCUT2D eigenvalue weighted by atomic mass is 10.1. The van der Waals surface area contributed by atoms with Gasteiger partial charge >= 0.3 is 0 Å². The molecule has 0 spiro atoms. The number of fused-ring (bicyclic) bond motifs is 1. The first kappa shape index (κ1) is 15.3. The molecule has 0 unspecified atom stereocenters. The molecule has 1 amide bonds. The van der Waals surface area contributed by atoms with Crippen molar-refractivity contribution >= 4 is 33.1 Å². The molecule has 24 heavy (non-hydrogen) atoms. The molecule has 4 nitrogen and oxygen atoms in total. The minimum Gasteiger partial charge on any atom is -0.321 e. The van der Waals surface area contributed by atoms with E-state index in [1.165, 1.54) is 24.2 Å². The van der Waals surface area contributed by atoms with Gasteiger partial charge in [-0.1, -0.05) is 18.2 Å². The van der Waals surface area contributed by atoms with E-state index in [9.17, 15) is 4.79 Å². The van der Waals surface area contributed by atoms with Crippen LogP contribution in [0.4, 0.5) is 5.69 Å². The Bertz CT molecular complexity index is 957. The van der Waals surface area contributed by atoms with E-state index < -0.39 is 0 Å². The maximum atomic E-state index is 12.8. The number of anilines is 1. The van der Waals surface area contributed by atoms with Gasteiger partial charge in [0.05, 0.1) is 10.6 Å². The monoisotopic (exact) mass is 337 g/mol. The molecule has 0 atom stereocenters. The average molecular weight is 337 g/mol. The SMILES string of the molecule is Cc1ccccc1NC(=O)c1sc2nc(C3CC3)nc(C)c2c1C. The Labute approximate surface area is 145 Å². The van der Waals surface area contributed by atoms with Crippen LogP contribution in [0.5, 0.6) is 0 Å². The van der Waals surface area contributed by atoms with Crippen LogP contribution in [0.25, 0.3) is 10.2 Å². The maximum Gasteiger partial charge on any atom is 0.266 e. The second kappa shape index (κ2) is 5.67. The molecule has 2 aromatic heterocycles. The molecule has 1 saturated carbocycles. The number of carbonyl (C=O) groups excluding carboxylic acids is 1. The number of nitrogens with one attached hydrogen (secondary N) is 1. The average Bonchev–Trinajstić information content (AvgIpc) is 3.34. The molecular formula is C19H19N3OS. The zero-order chi connectivity index (χ0) is 16.8. The van der Waals surface area contributed by atoms with Crippen molar-refractivity contribution in [2.75, 3.05) is 5.32 Å². The number of hydrogen-bond acceptors (Lipinski definition) is 4. The van der Waals surface area contributed by atoms with E-state index in [1.807, 2.05) is 45.0 Å². The topological polar surface area (TPSA) is 54.9 Å². The van der Waals surface area contributed by atoms with Gasteiger partial charge < -0.3 is 5.32 Å². The summed E-state index contributed by atoms with van der Waals surface area (Å²) in [4.78, 5) is 23.8. The van der Waals surface area contributed by atoms with Crippen molar-refractivity contribution in [1.82, 2.24) is 9.97 Å². The van der Waals surface area contributed by atoms with Crippen molar-refractivity contribution in [2.45, 2.75) is 39.5 Å². The molecule has 0 bridgehead atoms. The fourth-order valence-electron chi connectivity index (χ4n) is 2.99. The summed E-state index contributed by atoms with van der Waals surface area (Å²) in [5.41, 5.74) is 3.85. The molecule has 4 rings (SSSR count). The maximum absolute atomic E-state index is 12.8. The lowest BCUT2D eigenvalue weighted by molar-refractivity contribution is 0.103. The largest absolute Gasteiger partial charge is 0.321 e. The number of aromatic nitrogens is 2. The van der Waals surface area contributed by atoms with Gasteiger partial charge in [-0.15, -0.1) is 11.3 Å². The van der Waals surface area contributed by atoms with Gasteiger partial charge in [0.1, 0.15) is 10.7 Å². The predicted molar refractivity (Wildman–Crippen MR) is 98.0 cm³/mol. The van der Waals surface area contributed by atoms with Crippen molar-refractivity contribution < 1.29 is 4.79 Å². The van der Waals surface area contributed by atoms with Crippen molar-refractivity contribution in [1.29, 1.82) is 0 Å². The molecule has 1 aliphatic carbocycles. The number of rotatable bonds is 3. The number of amides is 1. The third-order valence-corrected chi connectivity index (χ3v) is 5.71. The summed E-state index contributed by atoms with van der Waals surface area (Å²) in [5.74, 6) is 1.38. The van der Waals surface area contributed by atoms with Gasteiger partial charge in [-0.3, -0.25) is 4.79 Å². The summed E-state index contributed by atoms with van der Waals surface area (Å²) in [6.07, 6.45) is 2.35. The molecule has 0 aliphatic heterocycles. The molecule has 122 valence electrons. The third kappa shape index (κ3) is 2.59. The van der Waals surface area contributed by atoms with E-state index in [2.05, 4.69) is 10.3 Å². The summed E-state index contributed by atoms with van der Waals surface area (Å²) >= 11 is 1.47. The number of aryl methyl sites for hydroxylation is 3. The Balaban J connectivity index is 1.73. The van der Waals surface area contributed by atoms with E-state index in [-0.39, 0.29) is 5.91 Å². The van der Waals surface area contributed by atoms with E-state index in [1.54, 1.807) is 0 Å². The summed E-state index contributed by atoms with van der Waals surface area (Å²) in [6, 6.07) is 7.81. The van der Waals surface area contributed by atoms with Gasteiger partial charge in [0.25, 0.3) is 5.91 Å². The summed E-state index contributed by atoms with van der Waals surface area (Å²) in [5, 5.41) is 4.05. The van der Waals surface area contributed by atoms with Crippen molar-refractivity contribution in [3.63, 3.8) is 0 Å². The van der Waals surface area contributed by atoms with Crippen LogP contribution in [-0.4, -0.2) is 15.9 Å². The van der Waals surface area contributed by atoms with Crippen LogP contribution in [0, 0.1) is 20.8 Å². The van der Waals surface area contributed by atoms with Crippen LogP contribution in [0.1, 0.15) is 51.1 Å². The summed E-state index contributed by atoms with van der Waals surface area (Å²) < 4.78 is 0. The molecule has 1 N–H and O–H groups in total. The Kier molecular flexibility index (Phi) is 3.61. The number of benzene rings is 1. The van der Waals surface area contributed by atoms with Gasteiger partial charge in [-0.2, -0.15) is 0 Å². The second-order valence-corrected chi connectivity index (χ2v) is 7.45. The molecule has 0 saturated heterocycles. The number of thiophene rings is 1. The quantitative estimate of drug-likeness (QED) is 0.750. The Morgan fingerprint density at radius 1 is 1.17 bits per heavy atom. The summed E-state index contributed by atoms with van der Waals surface area (Å²) in [6.45, 7) is 5.99. The first-order chi connectivity index (χ1) is 11.5. The van der Waals surface area contributed by atoms with Gasteiger partial charge in [0.2, 0.25) is 0 Å². The molecule has 1 aromatic carbocycles. The van der Waals surface area contributed by atoms with Crippen molar-refractivity contribution in [3.05, 3.63) is 51.8 Å². The standard InChI is InChI=1S/C19H19N3OS/c1-10-6-4-5-7-14(10)21-18(23)16-11(2)15-12(3)20-17(13-8-9-13)22-19(15)24-16/h4-7,13H,8-9H2,1-3H3,(H,21,23). The highest BCUT2D eigenvalue weighted by Crippen LogP contribution is 2.40. The van der Waals surface area contributed by atoms with Gasteiger partial charge in [0.15, 0.2) is 0 Å². The number of carbonyl (C=O) groups is 1. The van der Waals surface area contributed by atoms with Crippen LogP contribution in [-0.2, 0) is 0 Å². The van der Waals surface area contributed by atoms with Gasteiger partial charge in [-0.25, -0.2) is 9.97 Å². The highest BCUT2D eigenvalue weighted by Gasteiger charge is 2.28. The molecular weight excluding hydrogens is 318 g/mol. The first-order valence-corrected chi connectivity index (χ1v) is 9.01. The normalized spacial score (nSPS) is 14.1. The minimum absolute atomic E-state index is 0.0721. The van der Waals surface area contributed by atoms with E-state index in [0.29, 0.717) is 5.92 Å². The van der Waals surface area contributed by atoms with Crippen LogP contribution in [0.15, 0.2) is 24.3 Å². The Hall–Kier alpha value is -2.27. The molecule has 1 fully saturated rings. The molecule has 1 aliphatic rings. The van der Waals surface area contributed by atoms with Crippen LogP contribution in [0.3, 0.4) is 0 Å². The third-order valence-electron chi connectivity index (χ3n) is 4.53. The fourth-order valence-corrected chi connectivity index (χ4v) is 4.13. The lowest BCUT2D eigenvalue weighted by Crippen LogP contribution is -2.12. The van der Waals surface area contributed by atoms with E-state index in [4.69, 9.17) is 4.98 Å². The lowest BCUT2D eigenvalue weighted by Gasteiger charge is -2.07. The second-order valence-electron chi connectivity index (χ2n) is 6.45. The molecule has 0 radical (unpaired) electrons. The van der Waals surface area contributed by atoms with Crippen LogP contribution < -0.4 is 5.32 Å². The molecule has 3 aromatic rings. The number of para-hydroxylation sites is 1. The van der Waals surface area contributed by atoms with E-state index >= 15 is 0 Å². The predicted octanol–water partition coefficient (Wildman–Crippen LogP) is 4.75. The van der Waals surface area contributed by atoms with E-state index in [0.717, 1.165) is 43.4 Å². The number of nitrogens with zero attached hydrogens (tertiary/aromatic N) is 2. The zero-order valence-corrected chi connectivity index (χ0v) is 14.8. The number of hydrogen-bond donors (Lipinski definition) is 1. The van der Waals surface area contributed by atoms with Crippen molar-refractivity contribution in [2.24, 2.45) is 0 Å². The fraction of sp³-hybridized carbons (Fsp3) is 0.316. The first-order valence-electron chi connectivity index (χ1n) is 8.19. The smallest absolute Gasteiger partial charge is 0.266 e. The highest BCUT2D eigenvalue weighted by molar-refractivity contribution is 7.20. The summed E-state index contributed by atoms with van der Waals surface area (Å²) in [7, 11) is 0. The highest BCUT2D eigenvalue weighted by atomic mass is 32.1. The van der Waals surface area contributed by atoms with Gasteiger partial charge in [-0.05, 0) is 50.8 Å². The molecule has 2 heterocycles. The Morgan fingerprint density at radius 2 is 1.92 bits per heavy atom. The van der Waals surface area contributed by atoms with Crippen LogP contribution in [0.2, 0.25) is 0 Å². The molecule has 5 heteroatoms. The van der Waals surface area contributed by atoms with Crippen molar-refractivity contribution in [3.8, 4) is 0 Å². The zero-order valence-electron chi connectivity index (χ0n) is 14.0. The minimum atomic E-state index is -0.0721.